The number of aromatic nitrogens is 2. The third kappa shape index (κ3) is 2.01. The quantitative estimate of drug-likeness (QED) is 0.786. The third-order valence-electron chi connectivity index (χ3n) is 2.43. The van der Waals surface area contributed by atoms with Gasteiger partial charge < -0.3 is 4.98 Å². The number of aromatic amines is 1. The van der Waals surface area contributed by atoms with Gasteiger partial charge in [0, 0.05) is 23.1 Å². The maximum atomic E-state index is 5.16. The highest BCUT2D eigenvalue weighted by Crippen LogP contribution is 2.32. The van der Waals surface area contributed by atoms with Gasteiger partial charge in [-0.25, -0.2) is 4.98 Å². The number of rotatable bonds is 2. The predicted molar refractivity (Wildman–Crippen MR) is 63.6 cm³/mol. The minimum Gasteiger partial charge on any atom is -0.347 e. The first-order chi connectivity index (χ1) is 6.66. The molecule has 1 aliphatic rings. The molecule has 2 heterocycles. The van der Waals surface area contributed by atoms with E-state index in [2.05, 4.69) is 23.8 Å². The highest BCUT2D eigenvalue weighted by atomic mass is 32.2. The van der Waals surface area contributed by atoms with Crippen molar-refractivity contribution >= 4 is 24.0 Å². The summed E-state index contributed by atoms with van der Waals surface area (Å²) in [5.41, 5.74) is 1.21. The van der Waals surface area contributed by atoms with Gasteiger partial charge in [-0.05, 0) is 12.0 Å². The maximum absolute atomic E-state index is 5.16. The fraction of sp³-hybridized carbons (Fsp3) is 0.600. The van der Waals surface area contributed by atoms with E-state index >= 15 is 0 Å². The fourth-order valence-electron chi connectivity index (χ4n) is 1.39. The smallest absolute Gasteiger partial charge is 0.130 e. The van der Waals surface area contributed by atoms with Crippen LogP contribution in [0.2, 0.25) is 0 Å². The summed E-state index contributed by atoms with van der Waals surface area (Å²) in [6, 6.07) is 1.97. The van der Waals surface area contributed by atoms with Gasteiger partial charge in [-0.3, -0.25) is 0 Å². The lowest BCUT2D eigenvalue weighted by molar-refractivity contribution is 0.720. The molecule has 0 radical (unpaired) electrons. The van der Waals surface area contributed by atoms with E-state index in [1.807, 2.05) is 17.8 Å². The number of hydrogen-bond acceptors (Lipinski definition) is 3. The lowest BCUT2D eigenvalue weighted by Crippen LogP contribution is -2.19. The lowest BCUT2D eigenvalue weighted by atomic mass is 10.1. The van der Waals surface area contributed by atoms with Gasteiger partial charge in [0.05, 0.1) is 0 Å². The monoisotopic (exact) mass is 226 g/mol. The van der Waals surface area contributed by atoms with Crippen molar-refractivity contribution in [2.24, 2.45) is 0 Å². The van der Waals surface area contributed by atoms with Crippen LogP contribution in [-0.4, -0.2) is 21.5 Å². The fourth-order valence-corrected chi connectivity index (χ4v) is 2.41. The van der Waals surface area contributed by atoms with Gasteiger partial charge >= 0.3 is 0 Å². The minimum absolute atomic E-state index is 0.492. The van der Waals surface area contributed by atoms with Crippen LogP contribution >= 0.6 is 24.0 Å². The molecule has 1 N–H and O–H groups in total. The summed E-state index contributed by atoms with van der Waals surface area (Å²) in [4.78, 5) is 7.78. The van der Waals surface area contributed by atoms with Gasteiger partial charge in [-0.1, -0.05) is 26.1 Å². The number of thioether (sulfide) groups is 1. The van der Waals surface area contributed by atoms with Crippen molar-refractivity contribution in [1.82, 2.24) is 9.97 Å². The lowest BCUT2D eigenvalue weighted by Gasteiger charge is -2.24. The van der Waals surface area contributed by atoms with Crippen molar-refractivity contribution in [1.29, 1.82) is 0 Å². The Morgan fingerprint density at radius 3 is 2.79 bits per heavy atom. The van der Waals surface area contributed by atoms with Crippen LogP contribution in [0.1, 0.15) is 37.2 Å². The van der Waals surface area contributed by atoms with E-state index < -0.39 is 0 Å². The zero-order chi connectivity index (χ0) is 10.1. The summed E-state index contributed by atoms with van der Waals surface area (Å²) in [5, 5.41) is 0. The van der Waals surface area contributed by atoms with E-state index in [4.69, 9.17) is 12.2 Å². The van der Waals surface area contributed by atoms with Crippen LogP contribution in [0.5, 0.6) is 0 Å². The Hall–Kier alpha value is -0.350. The molecule has 76 valence electrons. The molecule has 0 aliphatic carbocycles. The molecular weight excluding hydrogens is 212 g/mol. The molecule has 1 aromatic rings. The largest absolute Gasteiger partial charge is 0.347 e. The molecule has 1 aliphatic heterocycles. The molecule has 1 saturated heterocycles. The molecule has 4 heteroatoms. The average Bonchev–Trinajstić information content (AvgIpc) is 1.99. The molecule has 0 spiro atoms. The number of H-pyrrole nitrogens is 1. The normalized spacial score (nSPS) is 17.1. The molecule has 0 unspecified atom stereocenters. The highest BCUT2D eigenvalue weighted by molar-refractivity contribution is 8.00. The summed E-state index contributed by atoms with van der Waals surface area (Å²) in [6.07, 6.45) is 0. The molecule has 2 nitrogen and oxygen atoms in total. The van der Waals surface area contributed by atoms with Gasteiger partial charge in [0.1, 0.15) is 10.5 Å². The SMILES string of the molecule is CC(C)c1cc(=S)nc(C2CSC2)[nH]1. The molecular formula is C10H14N2S2. The van der Waals surface area contributed by atoms with E-state index in [1.165, 1.54) is 17.2 Å². The maximum Gasteiger partial charge on any atom is 0.130 e. The van der Waals surface area contributed by atoms with Gasteiger partial charge in [0.25, 0.3) is 0 Å². The van der Waals surface area contributed by atoms with Crippen LogP contribution in [0, 0.1) is 4.64 Å². The number of hydrogen-bond donors (Lipinski definition) is 1. The third-order valence-corrected chi connectivity index (χ3v) is 3.91. The molecule has 0 bridgehead atoms. The van der Waals surface area contributed by atoms with Gasteiger partial charge in [0.15, 0.2) is 0 Å². The van der Waals surface area contributed by atoms with Crippen LogP contribution in [-0.2, 0) is 0 Å². The first kappa shape index (κ1) is 10.2. The Morgan fingerprint density at radius 2 is 2.29 bits per heavy atom. The Kier molecular flexibility index (Phi) is 2.93. The van der Waals surface area contributed by atoms with Crippen molar-refractivity contribution in [3.05, 3.63) is 22.2 Å². The Balaban J connectivity index is 2.35. The summed E-state index contributed by atoms with van der Waals surface area (Å²) < 4.78 is 0.722. The van der Waals surface area contributed by atoms with E-state index in [1.54, 1.807) is 0 Å². The average molecular weight is 226 g/mol. The van der Waals surface area contributed by atoms with Crippen molar-refractivity contribution < 1.29 is 0 Å². The first-order valence-corrected chi connectivity index (χ1v) is 6.42. The molecule has 0 saturated carbocycles. The van der Waals surface area contributed by atoms with Gasteiger partial charge in [-0.2, -0.15) is 11.8 Å². The van der Waals surface area contributed by atoms with E-state index in [-0.39, 0.29) is 0 Å². The molecule has 14 heavy (non-hydrogen) atoms. The molecule has 1 fully saturated rings. The molecule has 2 rings (SSSR count). The second-order valence-electron chi connectivity index (χ2n) is 3.95. The molecule has 0 atom stereocenters. The van der Waals surface area contributed by atoms with Gasteiger partial charge in [0.2, 0.25) is 0 Å². The summed E-state index contributed by atoms with van der Waals surface area (Å²) >= 11 is 7.13. The summed E-state index contributed by atoms with van der Waals surface area (Å²) in [7, 11) is 0. The van der Waals surface area contributed by atoms with Gasteiger partial charge in [-0.15, -0.1) is 0 Å². The topological polar surface area (TPSA) is 28.7 Å². The summed E-state index contributed by atoms with van der Waals surface area (Å²) in [5.74, 6) is 4.53. The zero-order valence-corrected chi connectivity index (χ0v) is 10.0. The van der Waals surface area contributed by atoms with Crippen molar-refractivity contribution in [2.45, 2.75) is 25.7 Å². The van der Waals surface area contributed by atoms with Crippen LogP contribution < -0.4 is 0 Å². The second-order valence-corrected chi connectivity index (χ2v) is 5.44. The standard InChI is InChI=1S/C10H14N2S2/c1-6(2)8-3-9(13)12-10(11-8)7-4-14-5-7/h3,6-7H,4-5H2,1-2H3,(H,11,12,13). The van der Waals surface area contributed by atoms with Crippen molar-refractivity contribution in [2.75, 3.05) is 11.5 Å². The number of nitrogens with zero attached hydrogens (tertiary/aromatic N) is 1. The summed E-state index contributed by atoms with van der Waals surface area (Å²) in [6.45, 7) is 4.33. The van der Waals surface area contributed by atoms with Crippen LogP contribution in [0.4, 0.5) is 0 Å². The van der Waals surface area contributed by atoms with E-state index in [0.29, 0.717) is 11.8 Å². The van der Waals surface area contributed by atoms with E-state index in [9.17, 15) is 0 Å². The second kappa shape index (κ2) is 4.03. The molecule has 0 aromatic carbocycles. The highest BCUT2D eigenvalue weighted by Gasteiger charge is 2.22. The van der Waals surface area contributed by atoms with Crippen LogP contribution in [0.15, 0.2) is 6.07 Å². The number of nitrogens with one attached hydrogen (secondary N) is 1. The Bertz CT molecular complexity index is 380. The molecule has 0 amide bonds. The van der Waals surface area contributed by atoms with Crippen molar-refractivity contribution in [3.63, 3.8) is 0 Å². The Morgan fingerprint density at radius 1 is 1.57 bits per heavy atom. The van der Waals surface area contributed by atoms with Crippen molar-refractivity contribution in [3.8, 4) is 0 Å². The van der Waals surface area contributed by atoms with Crippen LogP contribution in [0.3, 0.4) is 0 Å². The van der Waals surface area contributed by atoms with Crippen LogP contribution in [0.25, 0.3) is 0 Å². The minimum atomic E-state index is 0.492. The first-order valence-electron chi connectivity index (χ1n) is 4.85. The predicted octanol–water partition coefficient (Wildman–Crippen LogP) is 3.09. The van der Waals surface area contributed by atoms with E-state index in [0.717, 1.165) is 10.5 Å². The zero-order valence-electron chi connectivity index (χ0n) is 8.41. The molecule has 1 aromatic heterocycles. The Labute approximate surface area is 93.5 Å².